The van der Waals surface area contributed by atoms with Gasteiger partial charge in [-0.3, -0.25) is 4.99 Å². The fourth-order valence-corrected chi connectivity index (χ4v) is 4.21. The summed E-state index contributed by atoms with van der Waals surface area (Å²) < 4.78 is 0. The molecule has 2 aromatic carbocycles. The highest BCUT2D eigenvalue weighted by atomic mass is 127. The Kier molecular flexibility index (Phi) is 9.01. The normalized spacial score (nSPS) is 18.3. The summed E-state index contributed by atoms with van der Waals surface area (Å²) >= 11 is 0. The first-order valence-corrected chi connectivity index (χ1v) is 11.1. The maximum Gasteiger partial charge on any atom is 0.321 e. The number of hydrogen-bond acceptors (Lipinski definition) is 3. The SMILES string of the molecule is CN=C(NCc1cccc(NC(=O)N2CCCC2)c1)NC1CCN(c2ccccc2)C1.I. The Morgan fingerprint density at radius 2 is 1.84 bits per heavy atom. The molecule has 4 rings (SSSR count). The lowest BCUT2D eigenvalue weighted by atomic mass is 10.2. The van der Waals surface area contributed by atoms with E-state index >= 15 is 0 Å². The third-order valence-corrected chi connectivity index (χ3v) is 5.91. The number of hydrogen-bond donors (Lipinski definition) is 3. The molecule has 2 heterocycles. The Bertz CT molecular complexity index is 900. The number of benzene rings is 2. The largest absolute Gasteiger partial charge is 0.369 e. The van der Waals surface area contributed by atoms with Crippen LogP contribution < -0.4 is 20.9 Å². The smallest absolute Gasteiger partial charge is 0.321 e. The molecule has 32 heavy (non-hydrogen) atoms. The van der Waals surface area contributed by atoms with E-state index in [1.807, 2.05) is 29.2 Å². The van der Waals surface area contributed by atoms with E-state index in [-0.39, 0.29) is 30.0 Å². The highest BCUT2D eigenvalue weighted by Gasteiger charge is 2.23. The number of nitrogens with one attached hydrogen (secondary N) is 3. The molecule has 172 valence electrons. The predicted molar refractivity (Wildman–Crippen MR) is 142 cm³/mol. The van der Waals surface area contributed by atoms with Gasteiger partial charge in [0.25, 0.3) is 0 Å². The molecule has 1 atom stereocenters. The molecule has 2 aromatic rings. The van der Waals surface area contributed by atoms with Gasteiger partial charge < -0.3 is 25.8 Å². The number of amides is 2. The van der Waals surface area contributed by atoms with Gasteiger partial charge in [0.2, 0.25) is 0 Å². The number of para-hydroxylation sites is 1. The Balaban J connectivity index is 0.00000289. The van der Waals surface area contributed by atoms with Crippen molar-refractivity contribution in [2.45, 2.75) is 31.8 Å². The number of nitrogens with zero attached hydrogens (tertiary/aromatic N) is 3. The number of guanidine groups is 1. The molecule has 2 aliphatic heterocycles. The molecular weight excluding hydrogens is 515 g/mol. The first-order valence-electron chi connectivity index (χ1n) is 11.1. The van der Waals surface area contributed by atoms with Gasteiger partial charge in [-0.25, -0.2) is 4.79 Å². The molecule has 0 aliphatic carbocycles. The highest BCUT2D eigenvalue weighted by Crippen LogP contribution is 2.19. The maximum absolute atomic E-state index is 12.3. The van der Waals surface area contributed by atoms with E-state index in [2.05, 4.69) is 56.2 Å². The van der Waals surface area contributed by atoms with Crippen LogP contribution in [0.1, 0.15) is 24.8 Å². The molecule has 3 N–H and O–H groups in total. The Hall–Kier alpha value is -2.49. The van der Waals surface area contributed by atoms with Crippen LogP contribution in [0, 0.1) is 0 Å². The van der Waals surface area contributed by atoms with Crippen molar-refractivity contribution < 1.29 is 4.79 Å². The maximum atomic E-state index is 12.3. The Morgan fingerprint density at radius 3 is 2.59 bits per heavy atom. The second kappa shape index (κ2) is 11.9. The molecule has 2 amide bonds. The van der Waals surface area contributed by atoms with E-state index in [0.29, 0.717) is 12.6 Å². The van der Waals surface area contributed by atoms with Crippen molar-refractivity contribution in [2.24, 2.45) is 4.99 Å². The molecule has 2 saturated heterocycles. The van der Waals surface area contributed by atoms with Crippen LogP contribution in [0.15, 0.2) is 59.6 Å². The van der Waals surface area contributed by atoms with Crippen LogP contribution in [0.2, 0.25) is 0 Å². The summed E-state index contributed by atoms with van der Waals surface area (Å²) in [6.07, 6.45) is 3.26. The van der Waals surface area contributed by atoms with Gasteiger partial charge in [-0.15, -0.1) is 24.0 Å². The molecule has 8 heteroatoms. The zero-order valence-corrected chi connectivity index (χ0v) is 20.9. The minimum absolute atomic E-state index is 0. The first kappa shape index (κ1) is 24.2. The monoisotopic (exact) mass is 548 g/mol. The minimum atomic E-state index is -0.00992. The van der Waals surface area contributed by atoms with Gasteiger partial charge in [0.1, 0.15) is 0 Å². The molecule has 2 aliphatic rings. The number of anilines is 2. The van der Waals surface area contributed by atoms with Crippen molar-refractivity contribution in [3.8, 4) is 0 Å². The van der Waals surface area contributed by atoms with Crippen LogP contribution in [0.3, 0.4) is 0 Å². The van der Waals surface area contributed by atoms with Gasteiger partial charge in [-0.2, -0.15) is 0 Å². The van der Waals surface area contributed by atoms with E-state index < -0.39 is 0 Å². The van der Waals surface area contributed by atoms with E-state index in [0.717, 1.165) is 62.7 Å². The van der Waals surface area contributed by atoms with Gasteiger partial charge in [-0.1, -0.05) is 30.3 Å². The number of rotatable bonds is 5. The van der Waals surface area contributed by atoms with E-state index in [1.54, 1.807) is 7.05 Å². The summed E-state index contributed by atoms with van der Waals surface area (Å²) in [5.41, 5.74) is 3.19. The lowest BCUT2D eigenvalue weighted by Crippen LogP contribution is -2.44. The highest BCUT2D eigenvalue weighted by molar-refractivity contribution is 14.0. The van der Waals surface area contributed by atoms with Gasteiger partial charge in [0, 0.05) is 57.2 Å². The summed E-state index contributed by atoms with van der Waals surface area (Å²) in [6.45, 7) is 4.33. The summed E-state index contributed by atoms with van der Waals surface area (Å²) in [6, 6.07) is 18.9. The first-order chi connectivity index (χ1) is 15.2. The number of carbonyl (C=O) groups is 1. The molecule has 0 spiro atoms. The molecule has 1 unspecified atom stereocenters. The zero-order chi connectivity index (χ0) is 21.5. The van der Waals surface area contributed by atoms with Gasteiger partial charge in [0.15, 0.2) is 5.96 Å². The van der Waals surface area contributed by atoms with Crippen molar-refractivity contribution in [2.75, 3.05) is 43.4 Å². The molecule has 0 radical (unpaired) electrons. The second-order valence-corrected chi connectivity index (χ2v) is 8.16. The average Bonchev–Trinajstić information content (AvgIpc) is 3.50. The van der Waals surface area contributed by atoms with Crippen molar-refractivity contribution in [3.63, 3.8) is 0 Å². The summed E-state index contributed by atoms with van der Waals surface area (Å²) in [4.78, 5) is 21.0. The van der Waals surface area contributed by atoms with Gasteiger partial charge >= 0.3 is 6.03 Å². The van der Waals surface area contributed by atoms with Crippen LogP contribution in [0.5, 0.6) is 0 Å². The van der Waals surface area contributed by atoms with Crippen LogP contribution >= 0.6 is 24.0 Å². The van der Waals surface area contributed by atoms with E-state index in [4.69, 9.17) is 0 Å². The predicted octanol–water partition coefficient (Wildman–Crippen LogP) is 3.88. The number of carbonyl (C=O) groups excluding carboxylic acids is 1. The number of likely N-dealkylation sites (tertiary alicyclic amines) is 1. The second-order valence-electron chi connectivity index (χ2n) is 8.16. The minimum Gasteiger partial charge on any atom is -0.369 e. The van der Waals surface area contributed by atoms with Gasteiger partial charge in [-0.05, 0) is 49.1 Å². The molecule has 2 fully saturated rings. The van der Waals surface area contributed by atoms with Crippen LogP contribution in [-0.4, -0.2) is 56.2 Å². The number of halogens is 1. The molecule has 0 saturated carbocycles. The third kappa shape index (κ3) is 6.51. The Morgan fingerprint density at radius 1 is 1.06 bits per heavy atom. The molecular formula is C24H33IN6O. The fourth-order valence-electron chi connectivity index (χ4n) is 4.21. The summed E-state index contributed by atoms with van der Waals surface area (Å²) in [5, 5.41) is 9.95. The van der Waals surface area contributed by atoms with Crippen LogP contribution in [0.4, 0.5) is 16.2 Å². The van der Waals surface area contributed by atoms with Crippen molar-refractivity contribution >= 4 is 47.3 Å². The number of aliphatic imine (C=N–C) groups is 1. The zero-order valence-electron chi connectivity index (χ0n) is 18.6. The fraction of sp³-hybridized carbons (Fsp3) is 0.417. The molecule has 0 aromatic heterocycles. The lowest BCUT2D eigenvalue weighted by molar-refractivity contribution is 0.222. The van der Waals surface area contributed by atoms with Crippen LogP contribution in [-0.2, 0) is 6.54 Å². The summed E-state index contributed by atoms with van der Waals surface area (Å²) in [5.74, 6) is 0.798. The lowest BCUT2D eigenvalue weighted by Gasteiger charge is -2.20. The quantitative estimate of drug-likeness (QED) is 0.302. The average molecular weight is 548 g/mol. The van der Waals surface area contributed by atoms with E-state index in [1.165, 1.54) is 5.69 Å². The van der Waals surface area contributed by atoms with Gasteiger partial charge in [0.05, 0.1) is 0 Å². The summed E-state index contributed by atoms with van der Waals surface area (Å²) in [7, 11) is 1.80. The number of urea groups is 1. The van der Waals surface area contributed by atoms with Crippen molar-refractivity contribution in [1.29, 1.82) is 0 Å². The molecule has 0 bridgehead atoms. The third-order valence-electron chi connectivity index (χ3n) is 5.91. The van der Waals surface area contributed by atoms with Crippen molar-refractivity contribution in [1.82, 2.24) is 15.5 Å². The standard InChI is InChI=1S/C24H32N6O.HI/c1-25-23(27-21-12-15-30(18-21)22-10-3-2-4-11-22)26-17-19-8-7-9-20(16-19)28-24(31)29-13-5-6-14-29;/h2-4,7-11,16,21H,5-6,12-15,17-18H2,1H3,(H,28,31)(H2,25,26,27);1H. The van der Waals surface area contributed by atoms with Crippen molar-refractivity contribution in [3.05, 3.63) is 60.2 Å². The van der Waals surface area contributed by atoms with Crippen LogP contribution in [0.25, 0.3) is 0 Å². The topological polar surface area (TPSA) is 72.0 Å². The Labute approximate surface area is 207 Å². The molecule has 7 nitrogen and oxygen atoms in total. The van der Waals surface area contributed by atoms with E-state index in [9.17, 15) is 4.79 Å².